The fourth-order valence-electron chi connectivity index (χ4n) is 6.61. The Bertz CT molecular complexity index is 2670. The highest BCUT2D eigenvalue weighted by molar-refractivity contribution is 7.89. The Morgan fingerprint density at radius 1 is 0.529 bits per heavy atom. The van der Waals surface area contributed by atoms with Crippen LogP contribution >= 0.6 is 22.7 Å². The molecule has 364 valence electrons. The molecular weight excluding hydrogens is 949 g/mol. The first-order chi connectivity index (χ1) is 32.2. The second-order valence-electron chi connectivity index (χ2n) is 16.4. The van der Waals surface area contributed by atoms with Gasteiger partial charge in [-0.05, 0) is 99.2 Å². The van der Waals surface area contributed by atoms with Crippen molar-refractivity contribution in [3.05, 3.63) is 107 Å². The molecule has 2 atom stereocenters. The Balaban J connectivity index is 0.000000254. The third-order valence-corrected chi connectivity index (χ3v) is 14.6. The van der Waals surface area contributed by atoms with Crippen LogP contribution in [0.15, 0.2) is 105 Å². The molecule has 2 heterocycles. The molecular formula is C48H58N6O10S4. The van der Waals surface area contributed by atoms with Gasteiger partial charge in [0.05, 0.1) is 49.6 Å². The first-order valence-electron chi connectivity index (χ1n) is 21.4. The van der Waals surface area contributed by atoms with Gasteiger partial charge in [0.2, 0.25) is 31.9 Å². The fourth-order valence-corrected chi connectivity index (χ4v) is 10.5. The van der Waals surface area contributed by atoms with Crippen LogP contribution in [0.2, 0.25) is 0 Å². The van der Waals surface area contributed by atoms with Gasteiger partial charge < -0.3 is 29.6 Å². The van der Waals surface area contributed by atoms with Gasteiger partial charge in [0, 0.05) is 21.9 Å². The molecule has 6 aromatic rings. The van der Waals surface area contributed by atoms with Gasteiger partial charge in [-0.2, -0.15) is 9.44 Å². The van der Waals surface area contributed by atoms with Crippen LogP contribution in [0.3, 0.4) is 0 Å². The highest BCUT2D eigenvalue weighted by Gasteiger charge is 2.29. The second-order valence-corrected chi connectivity index (χ2v) is 21.6. The van der Waals surface area contributed by atoms with Gasteiger partial charge >= 0.3 is 0 Å². The van der Waals surface area contributed by atoms with Crippen LogP contribution in [0.1, 0.15) is 51.7 Å². The number of hydrogen-bond donors (Lipinski definition) is 4. The zero-order chi connectivity index (χ0) is 49.8. The largest absolute Gasteiger partial charge is 0.493 e. The maximum atomic E-state index is 13.0. The van der Waals surface area contributed by atoms with E-state index in [1.54, 1.807) is 77.0 Å². The second kappa shape index (κ2) is 23.9. The van der Waals surface area contributed by atoms with E-state index in [-0.39, 0.29) is 21.6 Å². The zero-order valence-corrected chi connectivity index (χ0v) is 42.8. The summed E-state index contributed by atoms with van der Waals surface area (Å²) in [6, 6.07) is 22.0. The van der Waals surface area contributed by atoms with Crippen LogP contribution in [0.5, 0.6) is 23.0 Å². The standard InChI is InChI=1S/2C24H29N3O5S2/c2*1-15(2)12-19(27-34(29,30)18-9-6-16(3)7-10-18)23(28)26-24-25-20(14-33-24)17-8-11-21(31-4)22(13-17)32-5/h2*6-11,13-15,19,27H,12H2,1-5H3,(H,25,26,28)/t2*19-/m00/s1. The van der Waals surface area contributed by atoms with Crippen molar-refractivity contribution >= 4 is 64.8 Å². The van der Waals surface area contributed by atoms with Gasteiger partial charge in [0.15, 0.2) is 33.3 Å². The predicted molar refractivity (Wildman–Crippen MR) is 268 cm³/mol. The van der Waals surface area contributed by atoms with Gasteiger partial charge in [-0.3, -0.25) is 9.59 Å². The quantitative estimate of drug-likeness (QED) is 0.0564. The topological polar surface area (TPSA) is 213 Å². The number of sulfonamides is 2. The predicted octanol–water partition coefficient (Wildman–Crippen LogP) is 8.93. The fraction of sp³-hybridized carbons (Fsp3) is 0.333. The van der Waals surface area contributed by atoms with E-state index in [9.17, 15) is 26.4 Å². The lowest BCUT2D eigenvalue weighted by Gasteiger charge is -2.19. The molecule has 0 fully saturated rings. The summed E-state index contributed by atoms with van der Waals surface area (Å²) in [5.41, 5.74) is 4.80. The van der Waals surface area contributed by atoms with Crippen molar-refractivity contribution < 1.29 is 45.4 Å². The van der Waals surface area contributed by atoms with E-state index >= 15 is 0 Å². The molecule has 0 spiro atoms. The highest BCUT2D eigenvalue weighted by atomic mass is 32.2. The number of nitrogens with one attached hydrogen (secondary N) is 4. The normalized spacial score (nSPS) is 12.4. The van der Waals surface area contributed by atoms with Crippen molar-refractivity contribution in [1.29, 1.82) is 0 Å². The number of aryl methyl sites for hydroxylation is 2. The molecule has 0 saturated carbocycles. The lowest BCUT2D eigenvalue weighted by Crippen LogP contribution is -2.44. The lowest BCUT2D eigenvalue weighted by molar-refractivity contribution is -0.118. The summed E-state index contributed by atoms with van der Waals surface area (Å²) in [5.74, 6) is 1.61. The van der Waals surface area contributed by atoms with Gasteiger partial charge in [-0.15, -0.1) is 22.7 Å². The third kappa shape index (κ3) is 14.6. The smallest absolute Gasteiger partial charge is 0.244 e. The van der Waals surface area contributed by atoms with Crippen LogP contribution in [-0.2, 0) is 29.6 Å². The molecule has 20 heteroatoms. The van der Waals surface area contributed by atoms with E-state index in [0.717, 1.165) is 22.3 Å². The molecule has 6 rings (SSSR count). The lowest BCUT2D eigenvalue weighted by atomic mass is 10.0. The molecule has 0 radical (unpaired) electrons. The minimum atomic E-state index is -3.86. The van der Waals surface area contributed by atoms with Gasteiger partial charge in [0.1, 0.15) is 12.1 Å². The maximum absolute atomic E-state index is 13.0. The van der Waals surface area contributed by atoms with E-state index in [1.165, 1.54) is 46.9 Å². The van der Waals surface area contributed by atoms with Gasteiger partial charge in [-0.25, -0.2) is 26.8 Å². The number of hydrogen-bond acceptors (Lipinski definition) is 14. The van der Waals surface area contributed by atoms with Crippen molar-refractivity contribution in [2.45, 2.75) is 76.3 Å². The Morgan fingerprint density at radius 2 is 0.868 bits per heavy atom. The zero-order valence-electron chi connectivity index (χ0n) is 39.6. The summed E-state index contributed by atoms with van der Waals surface area (Å²) in [4.78, 5) is 35.3. The number of amides is 2. The molecule has 0 aliphatic heterocycles. The van der Waals surface area contributed by atoms with Crippen LogP contribution < -0.4 is 39.0 Å². The first-order valence-corrected chi connectivity index (χ1v) is 26.1. The molecule has 0 bridgehead atoms. The monoisotopic (exact) mass is 1010 g/mol. The number of thiazole rings is 2. The minimum absolute atomic E-state index is 0.0927. The molecule has 0 aliphatic rings. The number of aromatic nitrogens is 2. The van der Waals surface area contributed by atoms with E-state index in [2.05, 4.69) is 30.0 Å². The van der Waals surface area contributed by atoms with E-state index in [4.69, 9.17) is 18.9 Å². The molecule has 0 unspecified atom stereocenters. The van der Waals surface area contributed by atoms with E-state index < -0.39 is 43.9 Å². The summed E-state index contributed by atoms with van der Waals surface area (Å²) >= 11 is 2.51. The summed E-state index contributed by atoms with van der Waals surface area (Å²) < 4.78 is 77.8. The number of anilines is 2. The van der Waals surface area contributed by atoms with Crippen LogP contribution in [0.4, 0.5) is 10.3 Å². The van der Waals surface area contributed by atoms with E-state index in [1.807, 2.05) is 64.4 Å². The Hall–Kier alpha value is -5.90. The summed E-state index contributed by atoms with van der Waals surface area (Å²) in [6.45, 7) is 11.5. The molecule has 2 amide bonds. The highest BCUT2D eigenvalue weighted by Crippen LogP contribution is 2.35. The number of benzene rings is 4. The average molecular weight is 1010 g/mol. The number of carbonyl (C=O) groups excluding carboxylic acids is 2. The summed E-state index contributed by atoms with van der Waals surface area (Å²) in [5, 5.41) is 9.88. The molecule has 4 N–H and O–H groups in total. The van der Waals surface area contributed by atoms with Crippen molar-refractivity contribution in [2.75, 3.05) is 39.1 Å². The Labute approximate surface area is 407 Å². The molecule has 0 saturated heterocycles. The first kappa shape index (κ1) is 53.1. The third-order valence-electron chi connectivity index (χ3n) is 10.1. The SMILES string of the molecule is COc1ccc(-c2csc(NC(=O)[C@H](CC(C)C)NS(=O)(=O)c3ccc(C)cc3)n2)cc1OC.COc1ccc(-c2csc(NC(=O)[C@H](CC(C)C)NS(=O)(=O)c3ccc(C)cc3)n2)cc1OC. The number of rotatable bonds is 20. The van der Waals surface area contributed by atoms with Gasteiger partial charge in [-0.1, -0.05) is 63.1 Å². The van der Waals surface area contributed by atoms with Crippen molar-refractivity contribution in [1.82, 2.24) is 19.4 Å². The number of methoxy groups -OCH3 is 4. The molecule has 2 aromatic heterocycles. The summed E-state index contributed by atoms with van der Waals surface area (Å²) in [7, 11) is -1.49. The Kier molecular flexibility index (Phi) is 18.6. The van der Waals surface area contributed by atoms with Crippen molar-refractivity contribution in [3.63, 3.8) is 0 Å². The average Bonchev–Trinajstić information content (AvgIpc) is 3.98. The Morgan fingerprint density at radius 3 is 1.18 bits per heavy atom. The van der Waals surface area contributed by atoms with Crippen LogP contribution in [-0.4, -0.2) is 79.1 Å². The number of carbonyl (C=O) groups is 2. The minimum Gasteiger partial charge on any atom is -0.493 e. The van der Waals surface area contributed by atoms with Gasteiger partial charge in [0.25, 0.3) is 0 Å². The number of ether oxygens (including phenoxy) is 4. The molecule has 0 aliphatic carbocycles. The number of nitrogens with zero attached hydrogens (tertiary/aromatic N) is 2. The van der Waals surface area contributed by atoms with Crippen molar-refractivity contribution in [2.24, 2.45) is 11.8 Å². The molecule has 68 heavy (non-hydrogen) atoms. The maximum Gasteiger partial charge on any atom is 0.244 e. The van der Waals surface area contributed by atoms with Crippen LogP contribution in [0, 0.1) is 25.7 Å². The summed E-state index contributed by atoms with van der Waals surface area (Å²) in [6.07, 6.45) is 0.676. The van der Waals surface area contributed by atoms with E-state index in [0.29, 0.717) is 57.5 Å². The van der Waals surface area contributed by atoms with Crippen LogP contribution in [0.25, 0.3) is 22.5 Å². The molecule has 16 nitrogen and oxygen atoms in total. The van der Waals surface area contributed by atoms with Crippen molar-refractivity contribution in [3.8, 4) is 45.5 Å². The molecule has 4 aromatic carbocycles.